The first-order valence-corrected chi connectivity index (χ1v) is 6.85. The first kappa shape index (κ1) is 12.5. The molecule has 1 heterocycles. The molecule has 2 rings (SSSR count). The highest BCUT2D eigenvalue weighted by atomic mass is 15.3. The predicted molar refractivity (Wildman–Crippen MR) is 72.2 cm³/mol. The zero-order chi connectivity index (χ0) is 12.4. The van der Waals surface area contributed by atoms with E-state index in [9.17, 15) is 0 Å². The van der Waals surface area contributed by atoms with Crippen LogP contribution in [0.15, 0.2) is 6.07 Å². The van der Waals surface area contributed by atoms with Crippen molar-refractivity contribution in [2.45, 2.75) is 52.5 Å². The Bertz CT molecular complexity index is 348. The van der Waals surface area contributed by atoms with Crippen LogP contribution < -0.4 is 5.32 Å². The van der Waals surface area contributed by atoms with Crippen molar-refractivity contribution in [2.24, 2.45) is 18.9 Å². The number of hydrogen-bond acceptors (Lipinski definition) is 2. The Morgan fingerprint density at radius 1 is 1.35 bits per heavy atom. The molecule has 17 heavy (non-hydrogen) atoms. The van der Waals surface area contributed by atoms with Crippen molar-refractivity contribution >= 4 is 5.82 Å². The van der Waals surface area contributed by atoms with Crippen molar-refractivity contribution < 1.29 is 0 Å². The van der Waals surface area contributed by atoms with E-state index in [1.807, 2.05) is 11.7 Å². The summed E-state index contributed by atoms with van der Waals surface area (Å²) < 4.78 is 1.94. The van der Waals surface area contributed by atoms with E-state index in [1.54, 1.807) is 0 Å². The lowest BCUT2D eigenvalue weighted by Crippen LogP contribution is -2.35. The molecular formula is C14H25N3. The van der Waals surface area contributed by atoms with Crippen LogP contribution in [0.1, 0.15) is 45.2 Å². The normalized spacial score (nSPS) is 25.2. The number of aryl methyl sites for hydroxylation is 2. The largest absolute Gasteiger partial charge is 0.366 e. The third-order valence-corrected chi connectivity index (χ3v) is 4.12. The molecule has 1 saturated carbocycles. The molecule has 2 atom stereocenters. The Morgan fingerprint density at radius 3 is 2.65 bits per heavy atom. The van der Waals surface area contributed by atoms with Gasteiger partial charge in [-0.3, -0.25) is 4.68 Å². The summed E-state index contributed by atoms with van der Waals surface area (Å²) in [5.74, 6) is 2.60. The Labute approximate surface area is 105 Å². The fraction of sp³-hybridized carbons (Fsp3) is 0.786. The molecule has 0 aliphatic heterocycles. The summed E-state index contributed by atoms with van der Waals surface area (Å²) in [7, 11) is 2.00. The lowest BCUT2D eigenvalue weighted by Gasteiger charge is -2.34. The summed E-state index contributed by atoms with van der Waals surface area (Å²) in [6, 6.07) is 2.75. The molecule has 1 fully saturated rings. The minimum absolute atomic E-state index is 0.609. The zero-order valence-electron chi connectivity index (χ0n) is 11.5. The van der Waals surface area contributed by atoms with Gasteiger partial charge in [0.1, 0.15) is 5.82 Å². The molecule has 3 nitrogen and oxygen atoms in total. The molecule has 0 saturated heterocycles. The summed E-state index contributed by atoms with van der Waals surface area (Å²) >= 11 is 0. The quantitative estimate of drug-likeness (QED) is 0.870. The van der Waals surface area contributed by atoms with Gasteiger partial charge in [0.15, 0.2) is 0 Å². The van der Waals surface area contributed by atoms with Gasteiger partial charge in [0.05, 0.1) is 0 Å². The molecule has 1 aliphatic rings. The van der Waals surface area contributed by atoms with Crippen LogP contribution in [0.5, 0.6) is 0 Å². The van der Waals surface area contributed by atoms with Crippen LogP contribution >= 0.6 is 0 Å². The number of hydrogen-bond donors (Lipinski definition) is 1. The number of nitrogens with zero attached hydrogens (tertiary/aromatic N) is 2. The number of rotatable bonds is 3. The van der Waals surface area contributed by atoms with E-state index in [2.05, 4.69) is 37.3 Å². The smallest absolute Gasteiger partial charge is 0.148 e. The highest BCUT2D eigenvalue weighted by Gasteiger charge is 2.27. The summed E-state index contributed by atoms with van der Waals surface area (Å²) in [5.41, 5.74) is 1.21. The minimum Gasteiger partial charge on any atom is -0.366 e. The lowest BCUT2D eigenvalue weighted by atomic mass is 9.78. The van der Waals surface area contributed by atoms with Crippen LogP contribution in [0.2, 0.25) is 0 Å². The Hall–Kier alpha value is -0.990. The average molecular weight is 235 g/mol. The van der Waals surface area contributed by atoms with E-state index >= 15 is 0 Å². The maximum atomic E-state index is 4.50. The number of aromatic nitrogens is 2. The maximum absolute atomic E-state index is 4.50. The molecule has 1 N–H and O–H groups in total. The van der Waals surface area contributed by atoms with Crippen LogP contribution in [0.25, 0.3) is 0 Å². The lowest BCUT2D eigenvalue weighted by molar-refractivity contribution is 0.253. The first-order chi connectivity index (χ1) is 8.08. The summed E-state index contributed by atoms with van der Waals surface area (Å²) in [5, 5.41) is 8.15. The number of anilines is 1. The van der Waals surface area contributed by atoms with Gasteiger partial charge in [0.25, 0.3) is 0 Å². The van der Waals surface area contributed by atoms with Crippen molar-refractivity contribution in [3.8, 4) is 0 Å². The van der Waals surface area contributed by atoms with E-state index in [0.717, 1.165) is 17.7 Å². The van der Waals surface area contributed by atoms with E-state index < -0.39 is 0 Å². The highest BCUT2D eigenvalue weighted by Crippen LogP contribution is 2.32. The topological polar surface area (TPSA) is 29.9 Å². The standard InChI is InChI=1S/C14H25N3/c1-10(2)12-7-5-6-8-13(12)15-14-9-11(3)17(4)16-14/h9-10,12-13H,5-8H2,1-4H3,(H,15,16). The van der Waals surface area contributed by atoms with Crippen molar-refractivity contribution in [3.05, 3.63) is 11.8 Å². The van der Waals surface area contributed by atoms with Crippen LogP contribution in [-0.2, 0) is 7.05 Å². The third kappa shape index (κ3) is 2.82. The molecule has 0 aromatic carbocycles. The second-order valence-electron chi connectivity index (χ2n) is 5.74. The monoisotopic (exact) mass is 235 g/mol. The molecule has 0 radical (unpaired) electrons. The van der Waals surface area contributed by atoms with Gasteiger partial charge < -0.3 is 5.32 Å². The summed E-state index contributed by atoms with van der Waals surface area (Å²) in [6.45, 7) is 6.78. The average Bonchev–Trinajstić information content (AvgIpc) is 2.58. The molecule has 0 amide bonds. The second-order valence-corrected chi connectivity index (χ2v) is 5.74. The van der Waals surface area contributed by atoms with E-state index in [-0.39, 0.29) is 0 Å². The van der Waals surface area contributed by atoms with E-state index in [1.165, 1.54) is 31.4 Å². The molecule has 3 heteroatoms. The van der Waals surface area contributed by atoms with Gasteiger partial charge in [-0.05, 0) is 31.6 Å². The van der Waals surface area contributed by atoms with Crippen molar-refractivity contribution in [1.82, 2.24) is 9.78 Å². The fourth-order valence-corrected chi connectivity index (χ4v) is 2.96. The molecule has 0 spiro atoms. The Morgan fingerprint density at radius 2 is 2.06 bits per heavy atom. The van der Waals surface area contributed by atoms with Gasteiger partial charge in [0.2, 0.25) is 0 Å². The van der Waals surface area contributed by atoms with E-state index in [0.29, 0.717) is 6.04 Å². The first-order valence-electron chi connectivity index (χ1n) is 6.85. The molecule has 1 aromatic heterocycles. The van der Waals surface area contributed by atoms with Crippen molar-refractivity contribution in [2.75, 3.05) is 5.32 Å². The van der Waals surface area contributed by atoms with Gasteiger partial charge in [-0.2, -0.15) is 5.10 Å². The third-order valence-electron chi connectivity index (χ3n) is 4.12. The Balaban J connectivity index is 2.05. The zero-order valence-corrected chi connectivity index (χ0v) is 11.5. The minimum atomic E-state index is 0.609. The van der Waals surface area contributed by atoms with Crippen molar-refractivity contribution in [3.63, 3.8) is 0 Å². The summed E-state index contributed by atoms with van der Waals surface area (Å²) in [4.78, 5) is 0. The predicted octanol–water partition coefficient (Wildman–Crippen LogP) is 3.36. The van der Waals surface area contributed by atoms with Gasteiger partial charge in [-0.25, -0.2) is 0 Å². The van der Waals surface area contributed by atoms with Crippen LogP contribution in [0.4, 0.5) is 5.82 Å². The van der Waals surface area contributed by atoms with Gasteiger partial charge in [-0.1, -0.05) is 26.7 Å². The van der Waals surface area contributed by atoms with Crippen LogP contribution in [0.3, 0.4) is 0 Å². The van der Waals surface area contributed by atoms with Crippen LogP contribution in [0, 0.1) is 18.8 Å². The molecule has 1 aromatic rings. The van der Waals surface area contributed by atoms with Gasteiger partial charge >= 0.3 is 0 Å². The molecule has 0 bridgehead atoms. The summed E-state index contributed by atoms with van der Waals surface area (Å²) in [6.07, 6.45) is 5.40. The second kappa shape index (κ2) is 5.11. The molecular weight excluding hydrogens is 210 g/mol. The fourth-order valence-electron chi connectivity index (χ4n) is 2.96. The number of nitrogens with one attached hydrogen (secondary N) is 1. The van der Waals surface area contributed by atoms with Gasteiger partial charge in [0, 0.05) is 24.8 Å². The SMILES string of the molecule is Cc1cc(NC2CCCCC2C(C)C)nn1C. The van der Waals surface area contributed by atoms with E-state index in [4.69, 9.17) is 0 Å². The molecule has 2 unspecified atom stereocenters. The van der Waals surface area contributed by atoms with Crippen LogP contribution in [-0.4, -0.2) is 15.8 Å². The van der Waals surface area contributed by atoms with Gasteiger partial charge in [-0.15, -0.1) is 0 Å². The highest BCUT2D eigenvalue weighted by molar-refractivity contribution is 5.37. The van der Waals surface area contributed by atoms with Crippen molar-refractivity contribution in [1.29, 1.82) is 0 Å². The maximum Gasteiger partial charge on any atom is 0.148 e. The molecule has 96 valence electrons. The Kier molecular flexibility index (Phi) is 3.75. The molecule has 1 aliphatic carbocycles.